The second-order valence-electron chi connectivity index (χ2n) is 2.69. The highest BCUT2D eigenvalue weighted by atomic mass is 19.1. The summed E-state index contributed by atoms with van der Waals surface area (Å²) < 4.78 is 23.1. The fraction of sp³-hybridized carbons (Fsp3) is 0.250. The van der Waals surface area contributed by atoms with Gasteiger partial charge in [0.25, 0.3) is 11.8 Å². The van der Waals surface area contributed by atoms with Gasteiger partial charge in [-0.25, -0.2) is 4.98 Å². The van der Waals surface area contributed by atoms with Crippen molar-refractivity contribution in [2.24, 2.45) is 0 Å². The first-order valence-corrected chi connectivity index (χ1v) is 4.07. The third-order valence-electron chi connectivity index (χ3n) is 1.68. The number of nitrogens with zero attached hydrogens (tertiary/aromatic N) is 4. The number of rotatable bonds is 2. The summed E-state index contributed by atoms with van der Waals surface area (Å²) >= 11 is 0. The van der Waals surface area contributed by atoms with E-state index >= 15 is 0 Å². The van der Waals surface area contributed by atoms with E-state index in [9.17, 15) is 4.39 Å². The molecule has 0 saturated heterocycles. The third kappa shape index (κ3) is 1.63. The number of hydrogen-bond donors (Lipinski definition) is 0. The Labute approximate surface area is 84.1 Å². The Morgan fingerprint density at radius 3 is 2.80 bits per heavy atom. The van der Waals surface area contributed by atoms with Gasteiger partial charge in [0.1, 0.15) is 6.33 Å². The van der Waals surface area contributed by atoms with Crippen LogP contribution in [0.1, 0.15) is 5.82 Å². The molecule has 2 heterocycles. The van der Waals surface area contributed by atoms with E-state index in [-0.39, 0.29) is 17.5 Å². The van der Waals surface area contributed by atoms with Crippen LogP contribution in [0, 0.1) is 12.7 Å². The molecule has 0 saturated carbocycles. The van der Waals surface area contributed by atoms with Crippen LogP contribution in [0.5, 0.6) is 5.88 Å². The van der Waals surface area contributed by atoms with Crippen molar-refractivity contribution >= 4 is 0 Å². The molecular weight excluding hydrogens is 203 g/mol. The molecule has 0 bridgehead atoms. The van der Waals surface area contributed by atoms with Crippen LogP contribution in [-0.4, -0.2) is 27.2 Å². The number of methoxy groups -OCH3 is 1. The third-order valence-corrected chi connectivity index (χ3v) is 1.68. The van der Waals surface area contributed by atoms with Crippen LogP contribution in [0.3, 0.4) is 0 Å². The van der Waals surface area contributed by atoms with E-state index in [0.717, 1.165) is 6.33 Å². The lowest BCUT2D eigenvalue weighted by Gasteiger charge is -2.00. The van der Waals surface area contributed by atoms with Gasteiger partial charge in [0.05, 0.1) is 7.11 Å². The van der Waals surface area contributed by atoms with Gasteiger partial charge < -0.3 is 9.26 Å². The van der Waals surface area contributed by atoms with E-state index in [1.54, 1.807) is 6.92 Å². The number of hydrogen-bond acceptors (Lipinski definition) is 6. The molecule has 7 heteroatoms. The Morgan fingerprint density at radius 1 is 1.40 bits per heavy atom. The summed E-state index contributed by atoms with van der Waals surface area (Å²) in [4.78, 5) is 11.2. The fourth-order valence-electron chi connectivity index (χ4n) is 1.04. The molecule has 2 aromatic rings. The molecule has 0 aliphatic rings. The van der Waals surface area contributed by atoms with Crippen molar-refractivity contribution in [3.05, 3.63) is 18.0 Å². The molecule has 0 aromatic carbocycles. The van der Waals surface area contributed by atoms with E-state index in [1.807, 2.05) is 0 Å². The number of aromatic nitrogens is 4. The minimum Gasteiger partial charge on any atom is -0.479 e. The molecule has 0 spiro atoms. The topological polar surface area (TPSA) is 73.9 Å². The van der Waals surface area contributed by atoms with Gasteiger partial charge in [-0.15, -0.1) is 0 Å². The Hall–Kier alpha value is -2.05. The molecule has 0 radical (unpaired) electrons. The largest absolute Gasteiger partial charge is 0.479 e. The first-order chi connectivity index (χ1) is 7.22. The molecule has 15 heavy (non-hydrogen) atoms. The predicted molar refractivity (Wildman–Crippen MR) is 46.6 cm³/mol. The highest BCUT2D eigenvalue weighted by Gasteiger charge is 2.18. The highest BCUT2D eigenvalue weighted by Crippen LogP contribution is 2.23. The molecule has 0 unspecified atom stereocenters. The minimum absolute atomic E-state index is 0.00528. The highest BCUT2D eigenvalue weighted by molar-refractivity contribution is 5.49. The van der Waals surface area contributed by atoms with E-state index < -0.39 is 5.82 Å². The van der Waals surface area contributed by atoms with E-state index in [2.05, 4.69) is 20.1 Å². The second kappa shape index (κ2) is 3.60. The Balaban J connectivity index is 2.53. The molecule has 2 aromatic heterocycles. The van der Waals surface area contributed by atoms with Gasteiger partial charge in [-0.05, 0) is 6.92 Å². The first kappa shape index (κ1) is 9.50. The zero-order valence-corrected chi connectivity index (χ0v) is 8.06. The Bertz CT molecular complexity index is 485. The summed E-state index contributed by atoms with van der Waals surface area (Å²) in [6.45, 7) is 1.63. The van der Waals surface area contributed by atoms with Crippen LogP contribution in [-0.2, 0) is 0 Å². The summed E-state index contributed by atoms with van der Waals surface area (Å²) in [6, 6.07) is 0. The zero-order valence-electron chi connectivity index (χ0n) is 8.06. The maximum Gasteiger partial charge on any atom is 0.279 e. The Morgan fingerprint density at radius 2 is 2.20 bits per heavy atom. The van der Waals surface area contributed by atoms with Crippen molar-refractivity contribution in [2.45, 2.75) is 6.92 Å². The Kier molecular flexibility index (Phi) is 2.28. The maximum atomic E-state index is 13.6. The van der Waals surface area contributed by atoms with Crippen molar-refractivity contribution in [1.29, 1.82) is 0 Å². The molecule has 2 rings (SSSR count). The minimum atomic E-state index is -0.719. The van der Waals surface area contributed by atoms with E-state index in [1.165, 1.54) is 7.11 Å². The normalized spacial score (nSPS) is 10.3. The van der Waals surface area contributed by atoms with E-state index in [0.29, 0.717) is 5.82 Å². The van der Waals surface area contributed by atoms with Gasteiger partial charge in [-0.2, -0.15) is 14.4 Å². The molecular formula is C8H7FN4O2. The smallest absolute Gasteiger partial charge is 0.279 e. The van der Waals surface area contributed by atoms with Crippen molar-refractivity contribution in [3.63, 3.8) is 0 Å². The van der Waals surface area contributed by atoms with Gasteiger partial charge in [0.15, 0.2) is 11.5 Å². The number of ether oxygens (including phenoxy) is 1. The van der Waals surface area contributed by atoms with Gasteiger partial charge in [0.2, 0.25) is 5.82 Å². The van der Waals surface area contributed by atoms with Crippen LogP contribution < -0.4 is 4.74 Å². The van der Waals surface area contributed by atoms with Gasteiger partial charge in [-0.3, -0.25) is 0 Å². The molecule has 0 amide bonds. The lowest BCUT2D eigenvalue weighted by molar-refractivity contribution is 0.365. The van der Waals surface area contributed by atoms with Crippen LogP contribution in [0.15, 0.2) is 10.9 Å². The lowest BCUT2D eigenvalue weighted by atomic mass is 10.4. The van der Waals surface area contributed by atoms with Crippen molar-refractivity contribution in [3.8, 4) is 17.5 Å². The predicted octanol–water partition coefficient (Wildman–Crippen LogP) is 0.983. The van der Waals surface area contributed by atoms with Crippen LogP contribution in [0.25, 0.3) is 11.6 Å². The van der Waals surface area contributed by atoms with Gasteiger partial charge >= 0.3 is 0 Å². The zero-order chi connectivity index (χ0) is 10.8. The summed E-state index contributed by atoms with van der Waals surface area (Å²) in [5.74, 6) is -0.466. The van der Waals surface area contributed by atoms with Crippen LogP contribution in [0.4, 0.5) is 4.39 Å². The SMILES string of the molecule is COc1ncnc(-c2nc(C)no2)c1F. The molecule has 6 nitrogen and oxygen atoms in total. The maximum absolute atomic E-state index is 13.6. The summed E-state index contributed by atoms with van der Waals surface area (Å²) in [7, 11) is 1.31. The van der Waals surface area contributed by atoms with E-state index in [4.69, 9.17) is 9.26 Å². The van der Waals surface area contributed by atoms with Crippen molar-refractivity contribution in [2.75, 3.05) is 7.11 Å². The summed E-state index contributed by atoms with van der Waals surface area (Å²) in [5, 5.41) is 3.54. The first-order valence-electron chi connectivity index (χ1n) is 4.07. The van der Waals surface area contributed by atoms with Crippen molar-refractivity contribution < 1.29 is 13.7 Å². The average molecular weight is 210 g/mol. The lowest BCUT2D eigenvalue weighted by Crippen LogP contribution is -1.97. The molecule has 0 N–H and O–H groups in total. The van der Waals surface area contributed by atoms with Crippen LogP contribution in [0.2, 0.25) is 0 Å². The van der Waals surface area contributed by atoms with Crippen LogP contribution >= 0.6 is 0 Å². The van der Waals surface area contributed by atoms with Gasteiger partial charge in [-0.1, -0.05) is 5.16 Å². The fourth-order valence-corrected chi connectivity index (χ4v) is 1.04. The molecule has 0 fully saturated rings. The molecule has 0 atom stereocenters. The molecule has 0 aliphatic heterocycles. The standard InChI is InChI=1S/C8H7FN4O2/c1-4-12-8(15-13-4)6-5(9)7(14-2)11-3-10-6/h3H,1-2H3. The van der Waals surface area contributed by atoms with Gasteiger partial charge in [0, 0.05) is 0 Å². The summed E-state index contributed by atoms with van der Waals surface area (Å²) in [5.41, 5.74) is -0.0672. The molecule has 0 aliphatic carbocycles. The molecule has 78 valence electrons. The number of aryl methyl sites for hydroxylation is 1. The second-order valence-corrected chi connectivity index (χ2v) is 2.69. The summed E-state index contributed by atoms with van der Waals surface area (Å²) in [6.07, 6.45) is 1.16. The number of halogens is 1. The average Bonchev–Trinajstić information content (AvgIpc) is 2.65. The monoisotopic (exact) mass is 210 g/mol. The van der Waals surface area contributed by atoms with Crippen molar-refractivity contribution in [1.82, 2.24) is 20.1 Å². The quantitative estimate of drug-likeness (QED) is 0.735.